The lowest BCUT2D eigenvalue weighted by molar-refractivity contribution is 0.104. The summed E-state index contributed by atoms with van der Waals surface area (Å²) in [7, 11) is 0. The van der Waals surface area contributed by atoms with Gasteiger partial charge in [-0.2, -0.15) is 0 Å². The third-order valence-electron chi connectivity index (χ3n) is 4.85. The Morgan fingerprint density at radius 1 is 1.25 bits per heavy atom. The van der Waals surface area contributed by atoms with E-state index in [-0.39, 0.29) is 5.54 Å². The lowest BCUT2D eigenvalue weighted by atomic mass is 9.85. The van der Waals surface area contributed by atoms with Crippen LogP contribution in [0.5, 0.6) is 0 Å². The van der Waals surface area contributed by atoms with Gasteiger partial charge in [-0.05, 0) is 65.5 Å². The van der Waals surface area contributed by atoms with E-state index >= 15 is 0 Å². The van der Waals surface area contributed by atoms with Crippen LogP contribution in [0.25, 0.3) is 0 Å². The van der Waals surface area contributed by atoms with Crippen LogP contribution in [0.2, 0.25) is 0 Å². The van der Waals surface area contributed by atoms with Crippen LogP contribution < -0.4 is 5.32 Å². The Labute approximate surface area is 125 Å². The maximum atomic E-state index is 5.75. The number of hydrogen-bond donors (Lipinski definition) is 1. The van der Waals surface area contributed by atoms with Crippen molar-refractivity contribution in [2.45, 2.75) is 58.9 Å². The normalized spacial score (nSPS) is 33.3. The molecule has 2 rings (SSSR count). The van der Waals surface area contributed by atoms with Crippen LogP contribution >= 0.6 is 0 Å². The molecule has 0 amide bonds. The first kappa shape index (κ1) is 16.3. The average Bonchev–Trinajstić information content (AvgIpc) is 2.72. The predicted molar refractivity (Wildman–Crippen MR) is 85.1 cm³/mol. The van der Waals surface area contributed by atoms with Crippen LogP contribution in [0, 0.1) is 11.3 Å². The summed E-state index contributed by atoms with van der Waals surface area (Å²) in [6, 6.07) is 0. The van der Waals surface area contributed by atoms with Gasteiger partial charge in [0.15, 0.2) is 0 Å². The van der Waals surface area contributed by atoms with Crippen LogP contribution in [0.1, 0.15) is 53.4 Å². The molecule has 2 saturated heterocycles. The molecule has 0 aromatic rings. The van der Waals surface area contributed by atoms with Crippen molar-refractivity contribution < 1.29 is 4.74 Å². The molecule has 2 atom stereocenters. The largest absolute Gasteiger partial charge is 0.381 e. The van der Waals surface area contributed by atoms with Gasteiger partial charge in [-0.1, -0.05) is 6.92 Å². The number of nitrogens with one attached hydrogen (secondary N) is 1. The molecule has 0 aromatic heterocycles. The zero-order valence-corrected chi connectivity index (χ0v) is 14.0. The fourth-order valence-corrected chi connectivity index (χ4v) is 3.38. The Kier molecular flexibility index (Phi) is 5.49. The summed E-state index contributed by atoms with van der Waals surface area (Å²) in [5.41, 5.74) is 0.531. The zero-order valence-electron chi connectivity index (χ0n) is 14.0. The summed E-state index contributed by atoms with van der Waals surface area (Å²) in [5.74, 6) is 0.906. The zero-order chi connectivity index (χ0) is 14.6. The number of likely N-dealkylation sites (tertiary alicyclic amines) is 1. The van der Waals surface area contributed by atoms with Gasteiger partial charge in [-0.25, -0.2) is 0 Å². The van der Waals surface area contributed by atoms with E-state index in [1.165, 1.54) is 45.3 Å². The Balaban J connectivity index is 1.91. The highest BCUT2D eigenvalue weighted by Gasteiger charge is 2.37. The Morgan fingerprint density at radius 2 is 2.05 bits per heavy atom. The molecule has 3 nitrogen and oxygen atoms in total. The summed E-state index contributed by atoms with van der Waals surface area (Å²) in [6.07, 6.45) is 5.34. The molecule has 1 N–H and O–H groups in total. The van der Waals surface area contributed by atoms with Crippen molar-refractivity contribution in [3.8, 4) is 0 Å². The lowest BCUT2D eigenvalue weighted by Gasteiger charge is -2.36. The van der Waals surface area contributed by atoms with Crippen molar-refractivity contribution in [2.24, 2.45) is 11.3 Å². The van der Waals surface area contributed by atoms with E-state index in [0.717, 1.165) is 25.7 Å². The fourth-order valence-electron chi connectivity index (χ4n) is 3.38. The van der Waals surface area contributed by atoms with E-state index in [4.69, 9.17) is 4.74 Å². The van der Waals surface area contributed by atoms with Crippen molar-refractivity contribution in [1.29, 1.82) is 0 Å². The Bertz CT molecular complexity index is 292. The lowest BCUT2D eigenvalue weighted by Crippen LogP contribution is -2.49. The third kappa shape index (κ3) is 5.01. The molecule has 3 heteroatoms. The minimum atomic E-state index is 0.197. The van der Waals surface area contributed by atoms with Crippen molar-refractivity contribution in [3.63, 3.8) is 0 Å². The van der Waals surface area contributed by atoms with Gasteiger partial charge in [0, 0.05) is 30.7 Å². The van der Waals surface area contributed by atoms with Crippen molar-refractivity contribution >= 4 is 0 Å². The molecule has 2 aliphatic rings. The second-order valence-corrected chi connectivity index (χ2v) is 8.22. The number of ether oxygens (including phenoxy) is 1. The van der Waals surface area contributed by atoms with Gasteiger partial charge in [-0.15, -0.1) is 0 Å². The maximum Gasteiger partial charge on any atom is 0.0547 e. The first-order valence-electron chi connectivity index (χ1n) is 8.44. The second kappa shape index (κ2) is 6.76. The molecule has 2 aliphatic heterocycles. The van der Waals surface area contributed by atoms with Gasteiger partial charge >= 0.3 is 0 Å². The molecule has 2 unspecified atom stereocenters. The average molecular weight is 282 g/mol. The topological polar surface area (TPSA) is 24.5 Å². The standard InChI is InChI=1S/C17H34N2O/c1-15-6-5-9-19(10-7-15)13-17(8-11-20-14-17)12-18-16(2,3)4/h15,18H,5-14H2,1-4H3. The van der Waals surface area contributed by atoms with E-state index in [9.17, 15) is 0 Å². The van der Waals surface area contributed by atoms with E-state index in [1.54, 1.807) is 0 Å². The summed E-state index contributed by atoms with van der Waals surface area (Å²) in [4.78, 5) is 2.70. The summed E-state index contributed by atoms with van der Waals surface area (Å²) < 4.78 is 5.75. The summed E-state index contributed by atoms with van der Waals surface area (Å²) >= 11 is 0. The van der Waals surface area contributed by atoms with Crippen molar-refractivity contribution in [1.82, 2.24) is 10.2 Å². The van der Waals surface area contributed by atoms with Crippen LogP contribution in [-0.2, 0) is 4.74 Å². The molecule has 0 aromatic carbocycles. The van der Waals surface area contributed by atoms with Crippen LogP contribution in [0.15, 0.2) is 0 Å². The van der Waals surface area contributed by atoms with Gasteiger partial charge in [0.05, 0.1) is 6.61 Å². The quantitative estimate of drug-likeness (QED) is 0.858. The van der Waals surface area contributed by atoms with Gasteiger partial charge < -0.3 is 15.0 Å². The first-order chi connectivity index (χ1) is 9.39. The van der Waals surface area contributed by atoms with E-state index in [1.807, 2.05) is 0 Å². The highest BCUT2D eigenvalue weighted by molar-refractivity contribution is 4.91. The molecule has 2 fully saturated rings. The summed E-state index contributed by atoms with van der Waals surface area (Å²) in [5, 5.41) is 3.71. The minimum absolute atomic E-state index is 0.197. The molecule has 2 heterocycles. The van der Waals surface area contributed by atoms with Gasteiger partial charge in [0.1, 0.15) is 0 Å². The number of nitrogens with zero attached hydrogens (tertiary/aromatic N) is 1. The van der Waals surface area contributed by atoms with E-state index in [2.05, 4.69) is 37.9 Å². The van der Waals surface area contributed by atoms with Crippen LogP contribution in [0.3, 0.4) is 0 Å². The van der Waals surface area contributed by atoms with Gasteiger partial charge in [-0.3, -0.25) is 0 Å². The molecule has 0 radical (unpaired) electrons. The highest BCUT2D eigenvalue weighted by atomic mass is 16.5. The van der Waals surface area contributed by atoms with Gasteiger partial charge in [0.2, 0.25) is 0 Å². The Hall–Kier alpha value is -0.120. The van der Waals surface area contributed by atoms with Gasteiger partial charge in [0.25, 0.3) is 0 Å². The SMILES string of the molecule is CC1CCCN(CC2(CNC(C)(C)C)CCOC2)CC1. The fraction of sp³-hybridized carbons (Fsp3) is 1.00. The monoisotopic (exact) mass is 282 g/mol. The smallest absolute Gasteiger partial charge is 0.0547 e. The molecule has 0 aliphatic carbocycles. The first-order valence-corrected chi connectivity index (χ1v) is 8.44. The van der Waals surface area contributed by atoms with E-state index in [0.29, 0.717) is 5.41 Å². The molecule has 118 valence electrons. The molecule has 0 spiro atoms. The second-order valence-electron chi connectivity index (χ2n) is 8.22. The molecular weight excluding hydrogens is 248 g/mol. The molecule has 0 bridgehead atoms. The number of rotatable bonds is 4. The third-order valence-corrected chi connectivity index (χ3v) is 4.85. The number of hydrogen-bond acceptors (Lipinski definition) is 3. The Morgan fingerprint density at radius 3 is 2.70 bits per heavy atom. The highest BCUT2D eigenvalue weighted by Crippen LogP contribution is 2.31. The molecular formula is C17H34N2O. The van der Waals surface area contributed by atoms with E-state index < -0.39 is 0 Å². The summed E-state index contributed by atoms with van der Waals surface area (Å²) in [6.45, 7) is 15.9. The van der Waals surface area contributed by atoms with Crippen LogP contribution in [-0.4, -0.2) is 49.8 Å². The maximum absolute atomic E-state index is 5.75. The van der Waals surface area contributed by atoms with Crippen molar-refractivity contribution in [2.75, 3.05) is 39.4 Å². The van der Waals surface area contributed by atoms with Crippen LogP contribution in [0.4, 0.5) is 0 Å². The molecule has 20 heavy (non-hydrogen) atoms. The minimum Gasteiger partial charge on any atom is -0.381 e. The predicted octanol–water partition coefficient (Wildman–Crippen LogP) is 2.90. The van der Waals surface area contributed by atoms with Crippen molar-refractivity contribution in [3.05, 3.63) is 0 Å². The molecule has 0 saturated carbocycles.